The Morgan fingerprint density at radius 1 is 1.17 bits per heavy atom. The summed E-state index contributed by atoms with van der Waals surface area (Å²) in [5, 5.41) is 0. The van der Waals surface area contributed by atoms with Crippen LogP contribution < -0.4 is 0 Å². The standard InChI is InChI=1S/C10H24OSi/c1-7-8-9-12(5,6)11-10(2,3)4/h7-9H2,1-6H3. The van der Waals surface area contributed by atoms with Crippen LogP contribution in [0.25, 0.3) is 0 Å². The molecule has 0 N–H and O–H groups in total. The fourth-order valence-corrected chi connectivity index (χ4v) is 4.45. The van der Waals surface area contributed by atoms with Gasteiger partial charge in [-0.15, -0.1) is 0 Å². The van der Waals surface area contributed by atoms with Crippen LogP contribution in [0.15, 0.2) is 0 Å². The Bertz CT molecular complexity index is 124. The molecular formula is C10H24OSi. The fourth-order valence-electron chi connectivity index (χ4n) is 1.48. The molecule has 2 heteroatoms. The first-order valence-corrected chi connectivity index (χ1v) is 8.08. The molecule has 0 saturated heterocycles. The summed E-state index contributed by atoms with van der Waals surface area (Å²) in [4.78, 5) is 0. The van der Waals surface area contributed by atoms with Crippen molar-refractivity contribution >= 4 is 8.32 Å². The molecule has 0 radical (unpaired) electrons. The topological polar surface area (TPSA) is 9.23 Å². The SMILES string of the molecule is CCCC[Si](C)(C)OC(C)(C)C. The monoisotopic (exact) mass is 188 g/mol. The van der Waals surface area contributed by atoms with Gasteiger partial charge in [0.2, 0.25) is 0 Å². The van der Waals surface area contributed by atoms with Gasteiger partial charge in [-0.25, -0.2) is 0 Å². The Kier molecular flexibility index (Phi) is 4.49. The zero-order valence-corrected chi connectivity index (χ0v) is 10.5. The summed E-state index contributed by atoms with van der Waals surface area (Å²) in [6, 6.07) is 1.29. The van der Waals surface area contributed by atoms with Gasteiger partial charge in [0.05, 0.1) is 0 Å². The third-order valence-electron chi connectivity index (χ3n) is 1.71. The quantitative estimate of drug-likeness (QED) is 0.610. The van der Waals surface area contributed by atoms with Crippen LogP contribution in [0.1, 0.15) is 40.5 Å². The van der Waals surface area contributed by atoms with Gasteiger partial charge in [-0.1, -0.05) is 19.8 Å². The van der Waals surface area contributed by atoms with E-state index in [0.717, 1.165) is 0 Å². The lowest BCUT2D eigenvalue weighted by molar-refractivity contribution is 0.120. The number of hydrogen-bond donors (Lipinski definition) is 0. The molecule has 1 nitrogen and oxygen atoms in total. The van der Waals surface area contributed by atoms with E-state index in [1.165, 1.54) is 18.9 Å². The van der Waals surface area contributed by atoms with Gasteiger partial charge in [0, 0.05) is 5.60 Å². The van der Waals surface area contributed by atoms with Crippen molar-refractivity contribution in [1.29, 1.82) is 0 Å². The largest absolute Gasteiger partial charge is 0.413 e. The lowest BCUT2D eigenvalue weighted by atomic mass is 10.2. The van der Waals surface area contributed by atoms with Gasteiger partial charge < -0.3 is 4.43 Å². The summed E-state index contributed by atoms with van der Waals surface area (Å²) in [6.07, 6.45) is 2.60. The van der Waals surface area contributed by atoms with Crippen LogP contribution in [0, 0.1) is 0 Å². The Labute approximate surface area is 78.6 Å². The molecule has 0 atom stereocenters. The molecule has 0 aromatic rings. The number of unbranched alkanes of at least 4 members (excludes halogenated alkanes) is 1. The third kappa shape index (κ3) is 6.86. The predicted molar refractivity (Wildman–Crippen MR) is 58.0 cm³/mol. The van der Waals surface area contributed by atoms with Crippen molar-refractivity contribution in [1.82, 2.24) is 0 Å². The minimum absolute atomic E-state index is 0.0451. The molecule has 0 amide bonds. The predicted octanol–water partition coefficient (Wildman–Crippen LogP) is 3.81. The van der Waals surface area contributed by atoms with Crippen molar-refractivity contribution in [2.24, 2.45) is 0 Å². The lowest BCUT2D eigenvalue weighted by Gasteiger charge is -2.32. The van der Waals surface area contributed by atoms with E-state index >= 15 is 0 Å². The zero-order valence-electron chi connectivity index (χ0n) is 9.53. The van der Waals surface area contributed by atoms with E-state index < -0.39 is 8.32 Å². The summed E-state index contributed by atoms with van der Waals surface area (Å²) in [6.45, 7) is 13.3. The van der Waals surface area contributed by atoms with E-state index in [1.807, 2.05) is 0 Å². The van der Waals surface area contributed by atoms with Crippen molar-refractivity contribution in [3.63, 3.8) is 0 Å². The minimum atomic E-state index is -1.36. The van der Waals surface area contributed by atoms with Gasteiger partial charge in [-0.2, -0.15) is 0 Å². The van der Waals surface area contributed by atoms with E-state index in [1.54, 1.807) is 0 Å². The first-order chi connectivity index (χ1) is 5.27. The maximum absolute atomic E-state index is 6.07. The van der Waals surface area contributed by atoms with Crippen LogP contribution in [-0.2, 0) is 4.43 Å². The van der Waals surface area contributed by atoms with Crippen LogP contribution >= 0.6 is 0 Å². The summed E-state index contributed by atoms with van der Waals surface area (Å²) >= 11 is 0. The third-order valence-corrected chi connectivity index (χ3v) is 4.44. The molecule has 0 unspecified atom stereocenters. The van der Waals surface area contributed by atoms with Gasteiger partial charge in [-0.05, 0) is 39.9 Å². The normalized spacial score (nSPS) is 13.5. The number of rotatable bonds is 4. The number of hydrogen-bond acceptors (Lipinski definition) is 1. The molecule has 74 valence electrons. The van der Waals surface area contributed by atoms with Crippen molar-refractivity contribution in [2.45, 2.75) is 65.3 Å². The van der Waals surface area contributed by atoms with Crippen LogP contribution in [0.4, 0.5) is 0 Å². The van der Waals surface area contributed by atoms with Crippen molar-refractivity contribution in [3.8, 4) is 0 Å². The van der Waals surface area contributed by atoms with Crippen molar-refractivity contribution in [3.05, 3.63) is 0 Å². The molecule has 0 spiro atoms. The van der Waals surface area contributed by atoms with Crippen molar-refractivity contribution < 1.29 is 4.43 Å². The average molecular weight is 188 g/mol. The van der Waals surface area contributed by atoms with Crippen LogP contribution in [-0.4, -0.2) is 13.9 Å². The summed E-state index contributed by atoms with van der Waals surface area (Å²) in [5.41, 5.74) is 0.0451. The highest BCUT2D eigenvalue weighted by Crippen LogP contribution is 2.21. The Balaban J connectivity index is 3.86. The zero-order chi connectivity index (χ0) is 9.83. The lowest BCUT2D eigenvalue weighted by Crippen LogP contribution is -2.38. The molecule has 0 aromatic heterocycles. The second kappa shape index (κ2) is 4.42. The maximum atomic E-state index is 6.07. The first-order valence-electron chi connectivity index (χ1n) is 4.97. The smallest absolute Gasteiger partial charge is 0.187 e. The van der Waals surface area contributed by atoms with Crippen LogP contribution in [0.3, 0.4) is 0 Å². The summed E-state index contributed by atoms with van der Waals surface area (Å²) in [7, 11) is -1.36. The Morgan fingerprint density at radius 2 is 1.67 bits per heavy atom. The molecule has 0 aliphatic rings. The first kappa shape index (κ1) is 12.2. The average Bonchev–Trinajstić information content (AvgIpc) is 1.78. The van der Waals surface area contributed by atoms with E-state index in [4.69, 9.17) is 4.43 Å². The minimum Gasteiger partial charge on any atom is -0.413 e. The molecule has 0 aliphatic carbocycles. The van der Waals surface area contributed by atoms with Gasteiger partial charge in [0.1, 0.15) is 0 Å². The Hall–Kier alpha value is 0.177. The molecule has 0 bridgehead atoms. The van der Waals surface area contributed by atoms with E-state index in [0.29, 0.717) is 0 Å². The molecule has 0 fully saturated rings. The highest BCUT2D eigenvalue weighted by molar-refractivity contribution is 6.71. The second-order valence-corrected chi connectivity index (χ2v) is 9.30. The molecule has 0 heterocycles. The molecule has 0 aliphatic heterocycles. The molecular weight excluding hydrogens is 164 g/mol. The van der Waals surface area contributed by atoms with Gasteiger partial charge in [0.15, 0.2) is 8.32 Å². The molecule has 0 aromatic carbocycles. The van der Waals surface area contributed by atoms with Crippen LogP contribution in [0.5, 0.6) is 0 Å². The van der Waals surface area contributed by atoms with E-state index in [2.05, 4.69) is 40.8 Å². The second-order valence-electron chi connectivity index (χ2n) is 5.08. The van der Waals surface area contributed by atoms with E-state index in [-0.39, 0.29) is 5.60 Å². The highest BCUT2D eigenvalue weighted by atomic mass is 28.4. The van der Waals surface area contributed by atoms with E-state index in [9.17, 15) is 0 Å². The fraction of sp³-hybridized carbons (Fsp3) is 1.00. The van der Waals surface area contributed by atoms with Gasteiger partial charge in [-0.3, -0.25) is 0 Å². The molecule has 12 heavy (non-hydrogen) atoms. The molecule has 0 rings (SSSR count). The van der Waals surface area contributed by atoms with Crippen molar-refractivity contribution in [2.75, 3.05) is 0 Å². The molecule has 0 saturated carbocycles. The maximum Gasteiger partial charge on any atom is 0.187 e. The Morgan fingerprint density at radius 3 is 2.00 bits per heavy atom. The van der Waals surface area contributed by atoms with Gasteiger partial charge in [0.25, 0.3) is 0 Å². The summed E-state index contributed by atoms with van der Waals surface area (Å²) < 4.78 is 6.07. The van der Waals surface area contributed by atoms with Crippen LogP contribution in [0.2, 0.25) is 19.1 Å². The van der Waals surface area contributed by atoms with Gasteiger partial charge >= 0.3 is 0 Å². The highest BCUT2D eigenvalue weighted by Gasteiger charge is 2.27. The summed E-state index contributed by atoms with van der Waals surface area (Å²) in [5.74, 6) is 0.